The number of hydrogen-bond donors (Lipinski definition) is 1. The van der Waals surface area contributed by atoms with Crippen molar-refractivity contribution >= 4 is 34.7 Å². The summed E-state index contributed by atoms with van der Waals surface area (Å²) in [5, 5.41) is 3.99. The molecule has 196 valence electrons. The molecule has 0 spiro atoms. The molecule has 0 aliphatic carbocycles. The molecular weight excluding hydrogens is 484 g/mol. The molecule has 5 rings (SSSR count). The second-order valence-corrected chi connectivity index (χ2v) is 10.5. The van der Waals surface area contributed by atoms with Gasteiger partial charge in [-0.2, -0.15) is 4.98 Å². The Kier molecular flexibility index (Phi) is 8.44. The predicted octanol–water partition coefficient (Wildman–Crippen LogP) is 5.16. The predicted molar refractivity (Wildman–Crippen MR) is 153 cm³/mol. The van der Waals surface area contributed by atoms with Gasteiger partial charge in [0.05, 0.1) is 12.3 Å². The van der Waals surface area contributed by atoms with Crippen LogP contribution >= 0.6 is 11.6 Å². The summed E-state index contributed by atoms with van der Waals surface area (Å²) in [6.07, 6.45) is 4.97. The molecule has 2 saturated heterocycles. The molecule has 3 aromatic rings. The summed E-state index contributed by atoms with van der Waals surface area (Å²) in [7, 11) is 2.18. The summed E-state index contributed by atoms with van der Waals surface area (Å²) in [4.78, 5) is 16.5. The van der Waals surface area contributed by atoms with Crippen molar-refractivity contribution in [1.82, 2.24) is 14.9 Å². The van der Waals surface area contributed by atoms with Crippen molar-refractivity contribution in [1.29, 1.82) is 0 Å². The molecule has 2 aromatic carbocycles. The van der Waals surface area contributed by atoms with E-state index in [-0.39, 0.29) is 6.10 Å². The Morgan fingerprint density at radius 1 is 1.11 bits per heavy atom. The first kappa shape index (κ1) is 25.8. The minimum atomic E-state index is 0.197. The van der Waals surface area contributed by atoms with Gasteiger partial charge in [-0.05, 0) is 62.6 Å². The minimum absolute atomic E-state index is 0.197. The highest BCUT2D eigenvalue weighted by Gasteiger charge is 2.23. The lowest BCUT2D eigenvalue weighted by Crippen LogP contribution is -2.44. The van der Waals surface area contributed by atoms with Gasteiger partial charge in [-0.3, -0.25) is 0 Å². The molecule has 2 aliphatic rings. The third-order valence-corrected chi connectivity index (χ3v) is 7.58. The normalized spacial score (nSPS) is 18.2. The van der Waals surface area contributed by atoms with E-state index in [1.807, 2.05) is 6.07 Å². The average molecular weight is 521 g/mol. The Morgan fingerprint density at radius 3 is 2.65 bits per heavy atom. The number of aryl methyl sites for hydroxylation is 1. The summed E-state index contributed by atoms with van der Waals surface area (Å²) < 4.78 is 5.96. The summed E-state index contributed by atoms with van der Waals surface area (Å²) in [6.45, 7) is 8.81. The Labute approximate surface area is 225 Å². The molecule has 8 heteroatoms. The van der Waals surface area contributed by atoms with E-state index in [4.69, 9.17) is 21.3 Å². The van der Waals surface area contributed by atoms with Gasteiger partial charge in [0.25, 0.3) is 0 Å². The first-order valence-electron chi connectivity index (χ1n) is 13.3. The lowest BCUT2D eigenvalue weighted by molar-refractivity contribution is 0.115. The molecule has 1 aromatic heterocycles. The maximum atomic E-state index is 6.67. The van der Waals surface area contributed by atoms with Crippen molar-refractivity contribution in [2.24, 2.45) is 0 Å². The summed E-state index contributed by atoms with van der Waals surface area (Å²) in [6, 6.07) is 17.1. The lowest BCUT2D eigenvalue weighted by atomic mass is 10.1. The molecule has 0 amide bonds. The van der Waals surface area contributed by atoms with E-state index in [2.05, 4.69) is 81.4 Å². The van der Waals surface area contributed by atoms with Crippen LogP contribution in [0.2, 0.25) is 5.02 Å². The largest absolute Gasteiger partial charge is 0.376 e. The van der Waals surface area contributed by atoms with Gasteiger partial charge < -0.3 is 24.8 Å². The van der Waals surface area contributed by atoms with Gasteiger partial charge in [0.2, 0.25) is 5.95 Å². The van der Waals surface area contributed by atoms with Crippen LogP contribution in [0.25, 0.3) is 0 Å². The number of aromatic nitrogens is 2. The number of nitrogens with one attached hydrogen (secondary N) is 1. The smallest absolute Gasteiger partial charge is 0.229 e. The Balaban J connectivity index is 1.33. The Hall–Kier alpha value is -2.87. The van der Waals surface area contributed by atoms with Gasteiger partial charge in [-0.15, -0.1) is 0 Å². The third-order valence-electron chi connectivity index (χ3n) is 7.31. The standard InChI is InChI=1S/C29H37ClN6O/c1-22-19-24(35-16-14-34(2)15-17-35)10-11-27(22)32-29-31-20-26(30)28(33-29)36(21-25-9-6-18-37-25)13-12-23-7-4-3-5-8-23/h3-5,7-8,10-11,19-20,25H,6,9,12-18,21H2,1-2H3,(H,31,32,33). The number of rotatable bonds is 9. The van der Waals surface area contributed by atoms with Crippen LogP contribution in [0.1, 0.15) is 24.0 Å². The SMILES string of the molecule is Cc1cc(N2CCN(C)CC2)ccc1Nc1ncc(Cl)c(N(CCc2ccccc2)CC2CCCO2)n1. The first-order chi connectivity index (χ1) is 18.0. The zero-order chi connectivity index (χ0) is 25.6. The van der Waals surface area contributed by atoms with Crippen LogP contribution in [0.3, 0.4) is 0 Å². The highest BCUT2D eigenvalue weighted by atomic mass is 35.5. The number of ether oxygens (including phenoxy) is 1. The van der Waals surface area contributed by atoms with E-state index in [1.54, 1.807) is 6.20 Å². The fourth-order valence-corrected chi connectivity index (χ4v) is 5.25. The van der Waals surface area contributed by atoms with E-state index in [0.717, 1.165) is 82.2 Å². The van der Waals surface area contributed by atoms with E-state index < -0.39 is 0 Å². The van der Waals surface area contributed by atoms with Gasteiger partial charge in [-0.25, -0.2) is 4.98 Å². The molecule has 7 nitrogen and oxygen atoms in total. The van der Waals surface area contributed by atoms with Crippen molar-refractivity contribution in [3.8, 4) is 0 Å². The quantitative estimate of drug-likeness (QED) is 0.418. The van der Waals surface area contributed by atoms with Crippen LogP contribution in [0, 0.1) is 6.92 Å². The molecule has 1 atom stereocenters. The van der Waals surface area contributed by atoms with Crippen molar-refractivity contribution in [2.75, 3.05) is 68.0 Å². The zero-order valence-electron chi connectivity index (χ0n) is 21.9. The van der Waals surface area contributed by atoms with Crippen molar-refractivity contribution in [3.05, 3.63) is 70.9 Å². The maximum Gasteiger partial charge on any atom is 0.229 e. The van der Waals surface area contributed by atoms with E-state index in [1.165, 1.54) is 11.3 Å². The fraction of sp³-hybridized carbons (Fsp3) is 0.448. The van der Waals surface area contributed by atoms with Gasteiger partial charge in [0.15, 0.2) is 5.82 Å². The zero-order valence-corrected chi connectivity index (χ0v) is 22.6. The number of anilines is 4. The van der Waals surface area contributed by atoms with Gasteiger partial charge >= 0.3 is 0 Å². The molecule has 0 saturated carbocycles. The minimum Gasteiger partial charge on any atom is -0.376 e. The third kappa shape index (κ3) is 6.72. The topological polar surface area (TPSA) is 56.8 Å². The number of likely N-dealkylation sites (N-methyl/N-ethyl adjacent to an activating group) is 1. The van der Waals surface area contributed by atoms with Gasteiger partial charge in [-0.1, -0.05) is 41.9 Å². The van der Waals surface area contributed by atoms with E-state index in [9.17, 15) is 0 Å². The molecular formula is C29H37ClN6O. The molecule has 37 heavy (non-hydrogen) atoms. The lowest BCUT2D eigenvalue weighted by Gasteiger charge is -2.34. The first-order valence-corrected chi connectivity index (χ1v) is 13.7. The van der Waals surface area contributed by atoms with Crippen LogP contribution < -0.4 is 15.1 Å². The second kappa shape index (κ2) is 12.1. The number of benzene rings is 2. The molecule has 2 fully saturated rings. The Morgan fingerprint density at radius 2 is 1.92 bits per heavy atom. The van der Waals surface area contributed by atoms with Crippen LogP contribution in [-0.4, -0.2) is 73.9 Å². The maximum absolute atomic E-state index is 6.67. The monoisotopic (exact) mass is 520 g/mol. The molecule has 1 unspecified atom stereocenters. The Bertz CT molecular complexity index is 1160. The van der Waals surface area contributed by atoms with E-state index >= 15 is 0 Å². The highest BCUT2D eigenvalue weighted by molar-refractivity contribution is 6.32. The average Bonchev–Trinajstić information content (AvgIpc) is 3.43. The molecule has 2 aliphatic heterocycles. The van der Waals surface area contributed by atoms with Crippen molar-refractivity contribution in [3.63, 3.8) is 0 Å². The summed E-state index contributed by atoms with van der Waals surface area (Å²) in [5.41, 5.74) is 4.72. The van der Waals surface area contributed by atoms with Crippen LogP contribution in [0.5, 0.6) is 0 Å². The molecule has 3 heterocycles. The van der Waals surface area contributed by atoms with Crippen LogP contribution in [0.15, 0.2) is 54.7 Å². The van der Waals surface area contributed by atoms with Gasteiger partial charge in [0.1, 0.15) is 5.02 Å². The number of piperazine rings is 1. The number of nitrogens with zero attached hydrogens (tertiary/aromatic N) is 5. The number of hydrogen-bond acceptors (Lipinski definition) is 7. The summed E-state index contributed by atoms with van der Waals surface area (Å²) in [5.74, 6) is 1.30. The van der Waals surface area contributed by atoms with Crippen molar-refractivity contribution < 1.29 is 4.74 Å². The molecule has 1 N–H and O–H groups in total. The van der Waals surface area contributed by atoms with E-state index in [0.29, 0.717) is 11.0 Å². The second-order valence-electron chi connectivity index (χ2n) is 10.1. The van der Waals surface area contributed by atoms with Gasteiger partial charge in [0, 0.05) is 57.3 Å². The van der Waals surface area contributed by atoms with Crippen LogP contribution in [0.4, 0.5) is 23.1 Å². The summed E-state index contributed by atoms with van der Waals surface area (Å²) >= 11 is 6.67. The highest BCUT2D eigenvalue weighted by Crippen LogP contribution is 2.29. The molecule has 0 radical (unpaired) electrons. The van der Waals surface area contributed by atoms with Crippen LogP contribution in [-0.2, 0) is 11.2 Å². The van der Waals surface area contributed by atoms with Crippen molar-refractivity contribution in [2.45, 2.75) is 32.3 Å². The number of halogens is 1. The molecule has 0 bridgehead atoms. The fourth-order valence-electron chi connectivity index (χ4n) is 5.04.